The Morgan fingerprint density at radius 3 is 2.43 bits per heavy atom. The molecule has 2 aromatic rings. The van der Waals surface area contributed by atoms with E-state index >= 15 is 0 Å². The number of nitrogens with one attached hydrogen (secondary N) is 1. The standard InChI is InChI=1S/C17H18N2O4/c1-11-9-12(2)16(19(22)23)15(10-11)17(21)18-14-5-3-13(4-6-14)7-8-20/h3-6,9-10,20H,7-8H2,1-2H3,(H,18,21). The molecule has 0 aliphatic rings. The number of nitro groups is 1. The summed E-state index contributed by atoms with van der Waals surface area (Å²) in [6.45, 7) is 3.46. The van der Waals surface area contributed by atoms with Crippen LogP contribution in [0.2, 0.25) is 0 Å². The number of carbonyl (C=O) groups excluding carboxylic acids is 1. The van der Waals surface area contributed by atoms with Crippen molar-refractivity contribution in [3.05, 3.63) is 68.8 Å². The van der Waals surface area contributed by atoms with E-state index in [9.17, 15) is 14.9 Å². The largest absolute Gasteiger partial charge is 0.396 e. The summed E-state index contributed by atoms with van der Waals surface area (Å²) in [4.78, 5) is 23.1. The van der Waals surface area contributed by atoms with Gasteiger partial charge in [0.25, 0.3) is 11.6 Å². The number of carbonyl (C=O) groups is 1. The predicted molar refractivity (Wildman–Crippen MR) is 87.8 cm³/mol. The van der Waals surface area contributed by atoms with Gasteiger partial charge in [-0.25, -0.2) is 0 Å². The average Bonchev–Trinajstić information content (AvgIpc) is 2.48. The summed E-state index contributed by atoms with van der Waals surface area (Å²) < 4.78 is 0. The molecule has 0 radical (unpaired) electrons. The van der Waals surface area contributed by atoms with Gasteiger partial charge in [-0.2, -0.15) is 0 Å². The maximum atomic E-state index is 12.4. The zero-order valence-electron chi connectivity index (χ0n) is 13.0. The maximum absolute atomic E-state index is 12.4. The van der Waals surface area contributed by atoms with Crippen LogP contribution < -0.4 is 5.32 Å². The molecule has 2 N–H and O–H groups in total. The molecule has 2 aromatic carbocycles. The molecule has 0 spiro atoms. The van der Waals surface area contributed by atoms with Crippen molar-refractivity contribution in [2.45, 2.75) is 20.3 Å². The summed E-state index contributed by atoms with van der Waals surface area (Å²) in [5.41, 5.74) is 2.61. The Balaban J connectivity index is 2.28. The lowest BCUT2D eigenvalue weighted by atomic mass is 10.0. The molecular formula is C17H18N2O4. The van der Waals surface area contributed by atoms with Crippen molar-refractivity contribution in [1.82, 2.24) is 0 Å². The summed E-state index contributed by atoms with van der Waals surface area (Å²) in [5.74, 6) is -0.515. The SMILES string of the molecule is Cc1cc(C)c([N+](=O)[O-])c(C(=O)Nc2ccc(CCO)cc2)c1. The lowest BCUT2D eigenvalue weighted by molar-refractivity contribution is -0.385. The summed E-state index contributed by atoms with van der Waals surface area (Å²) in [6, 6.07) is 10.2. The Hall–Kier alpha value is -2.73. The number of aryl methyl sites for hydroxylation is 2. The van der Waals surface area contributed by atoms with Gasteiger partial charge in [0.15, 0.2) is 0 Å². The van der Waals surface area contributed by atoms with Crippen molar-refractivity contribution >= 4 is 17.3 Å². The highest BCUT2D eigenvalue weighted by atomic mass is 16.6. The first-order valence-corrected chi connectivity index (χ1v) is 7.19. The van der Waals surface area contributed by atoms with Gasteiger partial charge in [-0.1, -0.05) is 12.1 Å². The zero-order valence-corrected chi connectivity index (χ0v) is 13.0. The second-order valence-corrected chi connectivity index (χ2v) is 5.36. The number of aliphatic hydroxyl groups excluding tert-OH is 1. The van der Waals surface area contributed by atoms with Crippen LogP contribution in [-0.2, 0) is 6.42 Å². The molecule has 6 nitrogen and oxygen atoms in total. The number of nitrogens with zero attached hydrogens (tertiary/aromatic N) is 1. The first kappa shape index (κ1) is 16.6. The molecule has 0 aliphatic carbocycles. The zero-order chi connectivity index (χ0) is 17.0. The number of hydrogen-bond acceptors (Lipinski definition) is 4. The lowest BCUT2D eigenvalue weighted by Gasteiger charge is -2.09. The fraction of sp³-hybridized carbons (Fsp3) is 0.235. The van der Waals surface area contributed by atoms with E-state index in [0.29, 0.717) is 17.7 Å². The van der Waals surface area contributed by atoms with E-state index in [4.69, 9.17) is 5.11 Å². The van der Waals surface area contributed by atoms with Crippen molar-refractivity contribution in [3.8, 4) is 0 Å². The van der Waals surface area contributed by atoms with Crippen LogP contribution in [0.4, 0.5) is 11.4 Å². The van der Waals surface area contributed by atoms with Crippen LogP contribution in [0.3, 0.4) is 0 Å². The lowest BCUT2D eigenvalue weighted by Crippen LogP contribution is -2.15. The third kappa shape index (κ3) is 3.92. The van der Waals surface area contributed by atoms with E-state index in [-0.39, 0.29) is 17.9 Å². The molecule has 6 heteroatoms. The Labute approximate surface area is 133 Å². The monoisotopic (exact) mass is 314 g/mol. The van der Waals surface area contributed by atoms with Crippen LogP contribution in [0.15, 0.2) is 36.4 Å². The number of benzene rings is 2. The average molecular weight is 314 g/mol. The highest BCUT2D eigenvalue weighted by Crippen LogP contribution is 2.26. The van der Waals surface area contributed by atoms with Gasteiger partial charge >= 0.3 is 0 Å². The van der Waals surface area contributed by atoms with E-state index in [0.717, 1.165) is 11.1 Å². The molecule has 0 bridgehead atoms. The first-order valence-electron chi connectivity index (χ1n) is 7.19. The molecule has 0 saturated carbocycles. The summed E-state index contributed by atoms with van der Waals surface area (Å²) in [5, 5.41) is 22.8. The Kier molecular flexibility index (Phi) is 5.08. The number of rotatable bonds is 5. The normalized spacial score (nSPS) is 10.4. The third-order valence-electron chi connectivity index (χ3n) is 3.48. The first-order chi connectivity index (χ1) is 10.9. The molecule has 120 valence electrons. The smallest absolute Gasteiger partial charge is 0.285 e. The Bertz CT molecular complexity index is 739. The second kappa shape index (κ2) is 7.02. The number of aliphatic hydroxyl groups is 1. The van der Waals surface area contributed by atoms with Crippen LogP contribution in [0.25, 0.3) is 0 Å². The molecule has 0 saturated heterocycles. The van der Waals surface area contributed by atoms with E-state index < -0.39 is 10.8 Å². The van der Waals surface area contributed by atoms with E-state index in [1.54, 1.807) is 44.2 Å². The van der Waals surface area contributed by atoms with E-state index in [1.165, 1.54) is 6.07 Å². The van der Waals surface area contributed by atoms with Gasteiger partial charge in [0, 0.05) is 17.9 Å². The van der Waals surface area contributed by atoms with Crippen molar-refractivity contribution in [2.75, 3.05) is 11.9 Å². The predicted octanol–water partition coefficient (Wildman–Crippen LogP) is 3.00. The van der Waals surface area contributed by atoms with Crippen molar-refractivity contribution < 1.29 is 14.8 Å². The Morgan fingerprint density at radius 1 is 1.22 bits per heavy atom. The van der Waals surface area contributed by atoms with Gasteiger partial charge in [-0.3, -0.25) is 14.9 Å². The van der Waals surface area contributed by atoms with Crippen molar-refractivity contribution in [2.24, 2.45) is 0 Å². The van der Waals surface area contributed by atoms with Crippen LogP contribution >= 0.6 is 0 Å². The van der Waals surface area contributed by atoms with Crippen molar-refractivity contribution in [1.29, 1.82) is 0 Å². The van der Waals surface area contributed by atoms with Gasteiger partial charge in [-0.05, 0) is 55.7 Å². The van der Waals surface area contributed by atoms with Gasteiger partial charge in [0.2, 0.25) is 0 Å². The second-order valence-electron chi connectivity index (χ2n) is 5.36. The summed E-state index contributed by atoms with van der Waals surface area (Å²) in [6.07, 6.45) is 0.538. The quantitative estimate of drug-likeness (QED) is 0.655. The highest BCUT2D eigenvalue weighted by Gasteiger charge is 2.23. The molecule has 0 aliphatic heterocycles. The number of anilines is 1. The van der Waals surface area contributed by atoms with Crippen LogP contribution in [0.1, 0.15) is 27.0 Å². The molecule has 0 aromatic heterocycles. The topological polar surface area (TPSA) is 92.5 Å². The van der Waals surface area contributed by atoms with Gasteiger partial charge in [0.05, 0.1) is 4.92 Å². The minimum atomic E-state index is -0.534. The van der Waals surface area contributed by atoms with Crippen LogP contribution in [0, 0.1) is 24.0 Å². The number of hydrogen-bond donors (Lipinski definition) is 2. The van der Waals surface area contributed by atoms with Gasteiger partial charge in [-0.15, -0.1) is 0 Å². The molecule has 1 amide bonds. The Morgan fingerprint density at radius 2 is 1.87 bits per heavy atom. The number of nitro benzene ring substituents is 1. The fourth-order valence-electron chi connectivity index (χ4n) is 2.46. The van der Waals surface area contributed by atoms with Crippen LogP contribution in [-0.4, -0.2) is 22.5 Å². The molecular weight excluding hydrogens is 296 g/mol. The molecule has 2 rings (SSSR count). The minimum Gasteiger partial charge on any atom is -0.396 e. The van der Waals surface area contributed by atoms with Crippen molar-refractivity contribution in [3.63, 3.8) is 0 Å². The van der Waals surface area contributed by atoms with E-state index in [1.807, 2.05) is 0 Å². The summed E-state index contributed by atoms with van der Waals surface area (Å²) >= 11 is 0. The van der Waals surface area contributed by atoms with E-state index in [2.05, 4.69) is 5.32 Å². The van der Waals surface area contributed by atoms with Gasteiger partial charge in [0.1, 0.15) is 5.56 Å². The highest BCUT2D eigenvalue weighted by molar-refractivity contribution is 6.07. The van der Waals surface area contributed by atoms with Crippen LogP contribution in [0.5, 0.6) is 0 Å². The molecule has 23 heavy (non-hydrogen) atoms. The maximum Gasteiger partial charge on any atom is 0.285 e. The molecule has 0 atom stereocenters. The molecule has 0 unspecified atom stereocenters. The fourth-order valence-corrected chi connectivity index (χ4v) is 2.46. The molecule has 0 heterocycles. The minimum absolute atomic E-state index is 0.0481. The van der Waals surface area contributed by atoms with Gasteiger partial charge < -0.3 is 10.4 Å². The number of amides is 1. The summed E-state index contributed by atoms with van der Waals surface area (Å²) in [7, 11) is 0. The third-order valence-corrected chi connectivity index (χ3v) is 3.48. The molecule has 0 fully saturated rings.